The normalized spacial score (nSPS) is 13.4. The molecule has 2 atom stereocenters. The lowest BCUT2D eigenvalue weighted by Gasteiger charge is -2.18. The van der Waals surface area contributed by atoms with Gasteiger partial charge in [-0.05, 0) is 37.8 Å². The molecule has 0 bridgehead atoms. The standard InChI is InChI=1S/C17H27N3O2/c1-6-11(3)15(18)17(22)19-9-14(21)20-16-12(4)7-10(2)8-13(16)5/h7-8,11,15H,6,9,18H2,1-5H3,(H,19,22)(H,20,21). The highest BCUT2D eigenvalue weighted by atomic mass is 16.2. The quantitative estimate of drug-likeness (QED) is 0.752. The van der Waals surface area contributed by atoms with Crippen LogP contribution in [0.15, 0.2) is 12.1 Å². The van der Waals surface area contributed by atoms with E-state index in [1.54, 1.807) is 0 Å². The van der Waals surface area contributed by atoms with Gasteiger partial charge in [0.1, 0.15) is 0 Å². The van der Waals surface area contributed by atoms with Crippen molar-refractivity contribution in [2.75, 3.05) is 11.9 Å². The van der Waals surface area contributed by atoms with E-state index in [0.29, 0.717) is 0 Å². The summed E-state index contributed by atoms with van der Waals surface area (Å²) in [7, 11) is 0. The molecule has 5 nitrogen and oxygen atoms in total. The maximum Gasteiger partial charge on any atom is 0.243 e. The van der Waals surface area contributed by atoms with Crippen LogP contribution in [0.3, 0.4) is 0 Å². The Kier molecular flexibility index (Phi) is 6.56. The van der Waals surface area contributed by atoms with Crippen molar-refractivity contribution in [3.05, 3.63) is 28.8 Å². The van der Waals surface area contributed by atoms with Crippen LogP contribution in [0.5, 0.6) is 0 Å². The first-order valence-corrected chi connectivity index (χ1v) is 7.67. The van der Waals surface area contributed by atoms with Crippen molar-refractivity contribution in [1.82, 2.24) is 5.32 Å². The number of rotatable bonds is 6. The molecule has 0 heterocycles. The fraction of sp³-hybridized carbons (Fsp3) is 0.529. The Hall–Kier alpha value is -1.88. The molecule has 122 valence electrons. The van der Waals surface area contributed by atoms with Crippen molar-refractivity contribution < 1.29 is 9.59 Å². The van der Waals surface area contributed by atoms with Crippen LogP contribution < -0.4 is 16.4 Å². The number of hydrogen-bond donors (Lipinski definition) is 3. The van der Waals surface area contributed by atoms with Gasteiger partial charge >= 0.3 is 0 Å². The number of amides is 2. The zero-order chi connectivity index (χ0) is 16.9. The van der Waals surface area contributed by atoms with Gasteiger partial charge in [-0.1, -0.05) is 38.0 Å². The second kappa shape index (κ2) is 7.94. The molecule has 4 N–H and O–H groups in total. The van der Waals surface area contributed by atoms with Crippen molar-refractivity contribution in [1.29, 1.82) is 0 Å². The predicted octanol–water partition coefficient (Wildman–Crippen LogP) is 2.04. The van der Waals surface area contributed by atoms with Crippen LogP contribution >= 0.6 is 0 Å². The summed E-state index contributed by atoms with van der Waals surface area (Å²) >= 11 is 0. The predicted molar refractivity (Wildman–Crippen MR) is 89.7 cm³/mol. The van der Waals surface area contributed by atoms with E-state index >= 15 is 0 Å². The van der Waals surface area contributed by atoms with Gasteiger partial charge in [0.15, 0.2) is 0 Å². The van der Waals surface area contributed by atoms with E-state index in [4.69, 9.17) is 5.73 Å². The summed E-state index contributed by atoms with van der Waals surface area (Å²) in [6.07, 6.45) is 0.822. The second-order valence-electron chi connectivity index (χ2n) is 5.95. The molecule has 0 aliphatic carbocycles. The minimum Gasteiger partial charge on any atom is -0.346 e. The second-order valence-corrected chi connectivity index (χ2v) is 5.95. The first kappa shape index (κ1) is 18.2. The van der Waals surface area contributed by atoms with Crippen LogP contribution in [0.4, 0.5) is 5.69 Å². The molecule has 2 unspecified atom stereocenters. The van der Waals surface area contributed by atoms with E-state index in [1.165, 1.54) is 0 Å². The largest absolute Gasteiger partial charge is 0.346 e. The highest BCUT2D eigenvalue weighted by Crippen LogP contribution is 2.21. The Balaban J connectivity index is 2.59. The van der Waals surface area contributed by atoms with Gasteiger partial charge in [-0.15, -0.1) is 0 Å². The minimum atomic E-state index is -0.583. The molecule has 0 aromatic heterocycles. The van der Waals surface area contributed by atoms with Crippen LogP contribution in [0, 0.1) is 26.7 Å². The summed E-state index contributed by atoms with van der Waals surface area (Å²) in [5.41, 5.74) is 9.80. The molecule has 0 fully saturated rings. The summed E-state index contributed by atoms with van der Waals surface area (Å²) < 4.78 is 0. The molecule has 5 heteroatoms. The molecule has 0 saturated heterocycles. The van der Waals surface area contributed by atoms with E-state index < -0.39 is 6.04 Å². The van der Waals surface area contributed by atoms with E-state index in [1.807, 2.05) is 46.8 Å². The summed E-state index contributed by atoms with van der Waals surface area (Å²) in [5.74, 6) is -0.453. The van der Waals surface area contributed by atoms with Gasteiger partial charge in [-0.25, -0.2) is 0 Å². The highest BCUT2D eigenvalue weighted by Gasteiger charge is 2.19. The maximum atomic E-state index is 12.0. The monoisotopic (exact) mass is 305 g/mol. The van der Waals surface area contributed by atoms with E-state index in [2.05, 4.69) is 10.6 Å². The first-order chi connectivity index (χ1) is 10.3. The molecule has 0 aliphatic heterocycles. The number of benzene rings is 1. The third-order valence-corrected chi connectivity index (χ3v) is 3.92. The zero-order valence-corrected chi connectivity index (χ0v) is 14.1. The Bertz CT molecular complexity index is 532. The molecular formula is C17H27N3O2. The summed E-state index contributed by atoms with van der Waals surface area (Å²) in [6, 6.07) is 3.45. The Morgan fingerprint density at radius 3 is 2.23 bits per heavy atom. The van der Waals surface area contributed by atoms with Crippen molar-refractivity contribution in [3.8, 4) is 0 Å². The van der Waals surface area contributed by atoms with Crippen molar-refractivity contribution in [3.63, 3.8) is 0 Å². The topological polar surface area (TPSA) is 84.2 Å². The van der Waals surface area contributed by atoms with Gasteiger partial charge < -0.3 is 16.4 Å². The lowest BCUT2D eigenvalue weighted by Crippen LogP contribution is -2.46. The summed E-state index contributed by atoms with van der Waals surface area (Å²) in [6.45, 7) is 9.74. The zero-order valence-electron chi connectivity index (χ0n) is 14.1. The number of carbonyl (C=O) groups is 2. The van der Waals surface area contributed by atoms with Crippen LogP contribution in [0.2, 0.25) is 0 Å². The fourth-order valence-corrected chi connectivity index (χ4v) is 2.36. The van der Waals surface area contributed by atoms with Gasteiger partial charge in [0, 0.05) is 5.69 Å². The van der Waals surface area contributed by atoms with Crippen molar-refractivity contribution >= 4 is 17.5 Å². The average molecular weight is 305 g/mol. The van der Waals surface area contributed by atoms with Crippen LogP contribution in [-0.4, -0.2) is 24.4 Å². The van der Waals surface area contributed by atoms with Gasteiger partial charge in [-0.2, -0.15) is 0 Å². The molecule has 0 aliphatic rings. The Morgan fingerprint density at radius 1 is 1.18 bits per heavy atom. The number of nitrogens with one attached hydrogen (secondary N) is 2. The van der Waals surface area contributed by atoms with Crippen molar-refractivity contribution in [2.45, 2.75) is 47.1 Å². The lowest BCUT2D eigenvalue weighted by molar-refractivity contribution is -0.125. The maximum absolute atomic E-state index is 12.0. The number of hydrogen-bond acceptors (Lipinski definition) is 3. The smallest absolute Gasteiger partial charge is 0.243 e. The molecular weight excluding hydrogens is 278 g/mol. The van der Waals surface area contributed by atoms with Gasteiger partial charge in [0.2, 0.25) is 11.8 Å². The summed E-state index contributed by atoms with van der Waals surface area (Å²) in [5, 5.41) is 5.44. The first-order valence-electron chi connectivity index (χ1n) is 7.67. The Morgan fingerprint density at radius 2 is 1.73 bits per heavy atom. The Labute approximate surface area is 132 Å². The van der Waals surface area contributed by atoms with Crippen LogP contribution in [0.25, 0.3) is 0 Å². The van der Waals surface area contributed by atoms with Crippen molar-refractivity contribution in [2.24, 2.45) is 11.7 Å². The van der Waals surface area contributed by atoms with Gasteiger partial charge in [0.25, 0.3) is 0 Å². The third-order valence-electron chi connectivity index (χ3n) is 3.92. The van der Waals surface area contributed by atoms with E-state index in [9.17, 15) is 9.59 Å². The van der Waals surface area contributed by atoms with E-state index in [-0.39, 0.29) is 24.3 Å². The van der Waals surface area contributed by atoms with Crippen LogP contribution in [-0.2, 0) is 9.59 Å². The number of anilines is 1. The number of nitrogens with two attached hydrogens (primary N) is 1. The molecule has 1 aromatic rings. The van der Waals surface area contributed by atoms with Gasteiger partial charge in [0.05, 0.1) is 12.6 Å². The molecule has 22 heavy (non-hydrogen) atoms. The molecule has 0 spiro atoms. The SMILES string of the molecule is CCC(C)C(N)C(=O)NCC(=O)Nc1c(C)cc(C)cc1C. The molecule has 1 aromatic carbocycles. The fourth-order valence-electron chi connectivity index (χ4n) is 2.36. The number of aryl methyl sites for hydroxylation is 3. The molecule has 0 saturated carbocycles. The highest BCUT2D eigenvalue weighted by molar-refractivity contribution is 5.96. The lowest BCUT2D eigenvalue weighted by atomic mass is 9.99. The summed E-state index contributed by atoms with van der Waals surface area (Å²) in [4.78, 5) is 23.9. The molecule has 1 rings (SSSR count). The number of carbonyl (C=O) groups excluding carboxylic acids is 2. The average Bonchev–Trinajstić information content (AvgIpc) is 2.46. The minimum absolute atomic E-state index is 0.0737. The van der Waals surface area contributed by atoms with E-state index in [0.717, 1.165) is 28.8 Å². The molecule has 2 amide bonds. The third kappa shape index (κ3) is 4.84. The van der Waals surface area contributed by atoms with Gasteiger partial charge in [-0.3, -0.25) is 9.59 Å². The van der Waals surface area contributed by atoms with Crippen LogP contribution in [0.1, 0.15) is 37.0 Å². The molecule has 0 radical (unpaired) electrons.